The molecule has 1 atom stereocenters. The van der Waals surface area contributed by atoms with Crippen molar-refractivity contribution in [1.82, 2.24) is 0 Å². The quantitative estimate of drug-likeness (QED) is 0.516. The van der Waals surface area contributed by atoms with Gasteiger partial charge in [-0.1, -0.05) is 55.6 Å². The Morgan fingerprint density at radius 2 is 1.81 bits per heavy atom. The summed E-state index contributed by atoms with van der Waals surface area (Å²) < 4.78 is 6.44. The number of hydrogen-bond donors (Lipinski definition) is 0. The zero-order valence-corrected chi connectivity index (χ0v) is 15.7. The minimum atomic E-state index is 0.523. The molecule has 0 saturated heterocycles. The molecule has 0 aliphatic rings. The minimum Gasteiger partial charge on any atom is -0.497 e. The second kappa shape index (κ2) is 8.21. The van der Waals surface area contributed by atoms with Gasteiger partial charge in [0.25, 0.3) is 0 Å². The lowest BCUT2D eigenvalue weighted by atomic mass is 9.94. The summed E-state index contributed by atoms with van der Waals surface area (Å²) in [7, 11) is 1.70. The monoisotopic (exact) mass is 430 g/mol. The molecule has 1 unspecified atom stereocenters. The van der Waals surface area contributed by atoms with Crippen LogP contribution in [0.25, 0.3) is 0 Å². The van der Waals surface area contributed by atoms with E-state index in [1.54, 1.807) is 7.11 Å². The summed E-state index contributed by atoms with van der Waals surface area (Å²) >= 11 is 13.2. The van der Waals surface area contributed by atoms with E-state index in [0.29, 0.717) is 5.92 Å². The molecule has 0 saturated carbocycles. The van der Waals surface area contributed by atoms with Gasteiger partial charge in [0.15, 0.2) is 0 Å². The summed E-state index contributed by atoms with van der Waals surface area (Å²) in [6.45, 7) is 0. The lowest BCUT2D eigenvalue weighted by Gasteiger charge is -2.16. The summed E-state index contributed by atoms with van der Waals surface area (Å²) in [5, 5.41) is 1.74. The van der Waals surface area contributed by atoms with E-state index in [2.05, 4.69) is 50.1 Å². The van der Waals surface area contributed by atoms with Crippen LogP contribution >= 0.6 is 43.5 Å². The second-order valence-corrected chi connectivity index (χ2v) is 6.95. The molecule has 0 bridgehead atoms. The van der Waals surface area contributed by atoms with Crippen LogP contribution in [0.3, 0.4) is 0 Å². The molecular formula is C17H17Br2ClO. The molecule has 2 rings (SSSR count). The van der Waals surface area contributed by atoms with Crippen LogP contribution in [0.2, 0.25) is 5.02 Å². The van der Waals surface area contributed by atoms with Crippen molar-refractivity contribution in [3.8, 4) is 5.75 Å². The highest BCUT2D eigenvalue weighted by Crippen LogP contribution is 2.27. The predicted molar refractivity (Wildman–Crippen MR) is 96.8 cm³/mol. The first-order valence-electron chi connectivity index (χ1n) is 6.75. The molecule has 1 nitrogen and oxygen atoms in total. The Labute approximate surface area is 147 Å². The number of alkyl halides is 1. The van der Waals surface area contributed by atoms with Crippen molar-refractivity contribution in [2.75, 3.05) is 12.4 Å². The summed E-state index contributed by atoms with van der Waals surface area (Å²) in [5.74, 6) is 1.42. The third-order valence-electron chi connectivity index (χ3n) is 3.42. The van der Waals surface area contributed by atoms with Gasteiger partial charge in [-0.15, -0.1) is 0 Å². The van der Waals surface area contributed by atoms with E-state index in [9.17, 15) is 0 Å². The van der Waals surface area contributed by atoms with Crippen molar-refractivity contribution in [2.24, 2.45) is 5.92 Å². The zero-order chi connectivity index (χ0) is 15.2. The van der Waals surface area contributed by atoms with E-state index in [-0.39, 0.29) is 0 Å². The Bertz CT molecular complexity index is 584. The molecule has 4 heteroatoms. The van der Waals surface area contributed by atoms with E-state index >= 15 is 0 Å². The van der Waals surface area contributed by atoms with Crippen LogP contribution in [0.1, 0.15) is 11.1 Å². The van der Waals surface area contributed by atoms with Crippen molar-refractivity contribution >= 4 is 43.5 Å². The Kier molecular flexibility index (Phi) is 6.59. The van der Waals surface area contributed by atoms with E-state index in [1.807, 2.05) is 24.3 Å². The Hall–Kier alpha value is -0.510. The Morgan fingerprint density at radius 3 is 2.43 bits per heavy atom. The molecule has 0 heterocycles. The van der Waals surface area contributed by atoms with Crippen molar-refractivity contribution in [3.63, 3.8) is 0 Å². The number of ether oxygens (including phenoxy) is 1. The molecule has 0 N–H and O–H groups in total. The first-order chi connectivity index (χ1) is 10.1. The maximum atomic E-state index is 5.94. The third kappa shape index (κ3) is 5.01. The predicted octanol–water partition coefficient (Wildman–Crippen LogP) is 5.91. The molecule has 0 amide bonds. The van der Waals surface area contributed by atoms with Gasteiger partial charge in [0.2, 0.25) is 0 Å². The van der Waals surface area contributed by atoms with Crippen LogP contribution in [0.15, 0.2) is 46.9 Å². The first-order valence-corrected chi connectivity index (χ1v) is 9.04. The number of halogens is 3. The fourth-order valence-electron chi connectivity index (χ4n) is 2.28. The van der Waals surface area contributed by atoms with Crippen molar-refractivity contribution < 1.29 is 4.74 Å². The summed E-state index contributed by atoms with van der Waals surface area (Å²) in [5.41, 5.74) is 2.58. The van der Waals surface area contributed by atoms with Crippen LogP contribution in [-0.4, -0.2) is 12.4 Å². The number of hydrogen-bond acceptors (Lipinski definition) is 1. The van der Waals surface area contributed by atoms with Crippen LogP contribution in [0, 0.1) is 5.92 Å². The van der Waals surface area contributed by atoms with E-state index in [4.69, 9.17) is 16.3 Å². The molecular weight excluding hydrogens is 415 g/mol. The minimum absolute atomic E-state index is 0.523. The van der Waals surface area contributed by atoms with Crippen LogP contribution in [0.4, 0.5) is 0 Å². The van der Waals surface area contributed by atoms with E-state index in [0.717, 1.165) is 33.4 Å². The van der Waals surface area contributed by atoms with Gasteiger partial charge in [-0.2, -0.15) is 0 Å². The molecule has 0 spiro atoms. The molecule has 2 aromatic rings. The van der Waals surface area contributed by atoms with Gasteiger partial charge in [-0.05, 0) is 60.2 Å². The third-order valence-corrected chi connectivity index (χ3v) is 5.36. The average molecular weight is 433 g/mol. The summed E-state index contributed by atoms with van der Waals surface area (Å²) in [6.07, 6.45) is 2.01. The smallest absolute Gasteiger partial charge is 0.119 e. The molecule has 0 fully saturated rings. The second-order valence-electron chi connectivity index (χ2n) is 5.01. The molecule has 112 valence electrons. The van der Waals surface area contributed by atoms with Gasteiger partial charge < -0.3 is 4.74 Å². The van der Waals surface area contributed by atoms with E-state index < -0.39 is 0 Å². The van der Waals surface area contributed by atoms with Crippen LogP contribution in [-0.2, 0) is 12.8 Å². The lowest BCUT2D eigenvalue weighted by Crippen LogP contribution is -2.10. The fourth-order valence-corrected chi connectivity index (χ4v) is 3.27. The lowest BCUT2D eigenvalue weighted by molar-refractivity contribution is 0.413. The van der Waals surface area contributed by atoms with Gasteiger partial charge >= 0.3 is 0 Å². The number of rotatable bonds is 6. The summed E-state index contributed by atoms with van der Waals surface area (Å²) in [4.78, 5) is 0. The summed E-state index contributed by atoms with van der Waals surface area (Å²) in [6, 6.07) is 14.2. The van der Waals surface area contributed by atoms with Crippen molar-refractivity contribution in [2.45, 2.75) is 12.8 Å². The fraction of sp³-hybridized carbons (Fsp3) is 0.294. The number of methoxy groups -OCH3 is 1. The highest BCUT2D eigenvalue weighted by Gasteiger charge is 2.12. The maximum Gasteiger partial charge on any atom is 0.119 e. The van der Waals surface area contributed by atoms with Crippen molar-refractivity contribution in [3.05, 3.63) is 63.1 Å². The number of benzene rings is 2. The van der Waals surface area contributed by atoms with Crippen LogP contribution < -0.4 is 4.74 Å². The average Bonchev–Trinajstić information content (AvgIpc) is 2.50. The highest BCUT2D eigenvalue weighted by atomic mass is 79.9. The van der Waals surface area contributed by atoms with Gasteiger partial charge in [-0.3, -0.25) is 0 Å². The van der Waals surface area contributed by atoms with Gasteiger partial charge in [-0.25, -0.2) is 0 Å². The normalized spacial score (nSPS) is 12.2. The van der Waals surface area contributed by atoms with Crippen LogP contribution in [0.5, 0.6) is 5.75 Å². The SMILES string of the molecule is COc1ccc(Br)c(CC(CBr)Cc2ccc(Cl)cc2)c1. The molecule has 2 aromatic carbocycles. The standard InChI is InChI=1S/C17H17Br2ClO/c1-21-16-6-7-17(19)14(10-16)9-13(11-18)8-12-2-4-15(20)5-3-12/h2-7,10,13H,8-9,11H2,1H3. The molecule has 0 aliphatic carbocycles. The van der Waals surface area contributed by atoms with Crippen molar-refractivity contribution in [1.29, 1.82) is 0 Å². The zero-order valence-electron chi connectivity index (χ0n) is 11.8. The largest absolute Gasteiger partial charge is 0.497 e. The van der Waals surface area contributed by atoms with E-state index in [1.165, 1.54) is 11.1 Å². The first kappa shape index (κ1) is 16.9. The molecule has 21 heavy (non-hydrogen) atoms. The Morgan fingerprint density at radius 1 is 1.10 bits per heavy atom. The van der Waals surface area contributed by atoms with Gasteiger partial charge in [0.05, 0.1) is 7.11 Å². The molecule has 0 radical (unpaired) electrons. The highest BCUT2D eigenvalue weighted by molar-refractivity contribution is 9.10. The Balaban J connectivity index is 2.10. The maximum absolute atomic E-state index is 5.94. The van der Waals surface area contributed by atoms with Gasteiger partial charge in [0.1, 0.15) is 5.75 Å². The van der Waals surface area contributed by atoms with Gasteiger partial charge in [0, 0.05) is 14.8 Å². The molecule has 0 aromatic heterocycles. The molecule has 0 aliphatic heterocycles. The topological polar surface area (TPSA) is 9.23 Å².